The van der Waals surface area contributed by atoms with Gasteiger partial charge in [-0.2, -0.15) is 18.3 Å². The van der Waals surface area contributed by atoms with Crippen molar-refractivity contribution in [2.24, 2.45) is 5.41 Å². The van der Waals surface area contributed by atoms with Gasteiger partial charge in [0.2, 0.25) is 0 Å². The van der Waals surface area contributed by atoms with Crippen LogP contribution in [0.4, 0.5) is 19.0 Å². The molecular formula is C20H27F3N6O2. The predicted octanol–water partition coefficient (Wildman–Crippen LogP) is 3.93. The molecule has 0 unspecified atom stereocenters. The van der Waals surface area contributed by atoms with Crippen molar-refractivity contribution in [3.63, 3.8) is 0 Å². The number of carbonyl (C=O) groups is 1. The summed E-state index contributed by atoms with van der Waals surface area (Å²) in [6.45, 7) is 8.40. The average molecular weight is 440 g/mol. The second-order valence-electron chi connectivity index (χ2n) is 9.52. The molecule has 0 aromatic carbocycles. The highest BCUT2D eigenvalue weighted by Gasteiger charge is 2.48. The van der Waals surface area contributed by atoms with Gasteiger partial charge in [-0.3, -0.25) is 4.79 Å². The molecule has 2 aliphatic heterocycles. The van der Waals surface area contributed by atoms with E-state index < -0.39 is 12.2 Å². The number of piperidine rings is 1. The SMILES string of the molecule is Cc1nonc1C(=O)N1CCC(c2cc3n(n2)[C@@H](C(F)(F)F)C[C@@H](C(C)(C)C)N3)CC1. The maximum absolute atomic E-state index is 13.8. The Bertz CT molecular complexity index is 953. The Morgan fingerprint density at radius 2 is 1.87 bits per heavy atom. The van der Waals surface area contributed by atoms with Gasteiger partial charge in [0.05, 0.1) is 5.69 Å². The van der Waals surface area contributed by atoms with E-state index in [1.54, 1.807) is 17.9 Å². The number of likely N-dealkylation sites (tertiary alicyclic amines) is 1. The molecule has 11 heteroatoms. The summed E-state index contributed by atoms with van der Waals surface area (Å²) in [6.07, 6.45) is -3.19. The molecule has 8 nitrogen and oxygen atoms in total. The molecule has 2 aliphatic rings. The lowest BCUT2D eigenvalue weighted by Crippen LogP contribution is -2.44. The van der Waals surface area contributed by atoms with Crippen LogP contribution in [-0.2, 0) is 0 Å². The van der Waals surface area contributed by atoms with Crippen molar-refractivity contribution in [2.45, 2.75) is 71.1 Å². The molecule has 0 bridgehead atoms. The van der Waals surface area contributed by atoms with Crippen molar-refractivity contribution >= 4 is 11.7 Å². The fourth-order valence-corrected chi connectivity index (χ4v) is 4.31. The van der Waals surface area contributed by atoms with Crippen LogP contribution in [0.3, 0.4) is 0 Å². The average Bonchev–Trinajstić information content (AvgIpc) is 3.31. The van der Waals surface area contributed by atoms with Crippen LogP contribution in [0.1, 0.15) is 73.9 Å². The molecule has 0 aliphatic carbocycles. The number of aromatic nitrogens is 4. The summed E-state index contributed by atoms with van der Waals surface area (Å²) in [4.78, 5) is 14.2. The first-order valence-corrected chi connectivity index (χ1v) is 10.5. The van der Waals surface area contributed by atoms with Crippen molar-refractivity contribution in [3.8, 4) is 0 Å². The summed E-state index contributed by atoms with van der Waals surface area (Å²) in [5, 5.41) is 14.9. The summed E-state index contributed by atoms with van der Waals surface area (Å²) >= 11 is 0. The van der Waals surface area contributed by atoms with Crippen LogP contribution >= 0.6 is 0 Å². The van der Waals surface area contributed by atoms with Gasteiger partial charge in [-0.15, -0.1) is 0 Å². The Morgan fingerprint density at radius 3 is 2.42 bits per heavy atom. The zero-order valence-electron chi connectivity index (χ0n) is 18.0. The van der Waals surface area contributed by atoms with Gasteiger partial charge in [-0.05, 0) is 36.8 Å². The van der Waals surface area contributed by atoms with Gasteiger partial charge in [0.1, 0.15) is 11.5 Å². The minimum Gasteiger partial charge on any atom is -0.367 e. The lowest BCUT2D eigenvalue weighted by molar-refractivity contribution is -0.175. The topological polar surface area (TPSA) is 89.1 Å². The Morgan fingerprint density at radius 1 is 1.19 bits per heavy atom. The highest BCUT2D eigenvalue weighted by Crippen LogP contribution is 2.44. The molecule has 0 radical (unpaired) electrons. The van der Waals surface area contributed by atoms with Crippen LogP contribution in [0, 0.1) is 12.3 Å². The van der Waals surface area contributed by atoms with Crippen molar-refractivity contribution in [1.29, 1.82) is 0 Å². The van der Waals surface area contributed by atoms with Gasteiger partial charge in [0, 0.05) is 31.1 Å². The highest BCUT2D eigenvalue weighted by atomic mass is 19.4. The number of amides is 1. The number of aryl methyl sites for hydroxylation is 1. The maximum Gasteiger partial charge on any atom is 0.410 e. The second kappa shape index (κ2) is 7.52. The first-order chi connectivity index (χ1) is 14.4. The summed E-state index contributed by atoms with van der Waals surface area (Å²) in [6, 6.07) is -0.217. The third kappa shape index (κ3) is 4.14. The molecule has 0 saturated carbocycles. The molecule has 1 saturated heterocycles. The minimum absolute atomic E-state index is 0.0116. The van der Waals surface area contributed by atoms with Crippen LogP contribution in [0.15, 0.2) is 10.7 Å². The number of alkyl halides is 3. The number of rotatable bonds is 2. The molecule has 2 aromatic rings. The zero-order valence-corrected chi connectivity index (χ0v) is 18.0. The number of nitrogens with zero attached hydrogens (tertiary/aromatic N) is 5. The second-order valence-corrected chi connectivity index (χ2v) is 9.52. The van der Waals surface area contributed by atoms with Crippen LogP contribution in [0.25, 0.3) is 0 Å². The van der Waals surface area contributed by atoms with E-state index in [1.807, 2.05) is 20.8 Å². The molecule has 1 amide bonds. The van der Waals surface area contributed by atoms with E-state index >= 15 is 0 Å². The molecule has 0 spiro atoms. The Balaban J connectivity index is 1.51. The van der Waals surface area contributed by atoms with Crippen molar-refractivity contribution in [1.82, 2.24) is 25.0 Å². The molecule has 4 rings (SSSR count). The fraction of sp³-hybridized carbons (Fsp3) is 0.700. The van der Waals surface area contributed by atoms with E-state index in [9.17, 15) is 18.0 Å². The first-order valence-electron chi connectivity index (χ1n) is 10.5. The quantitative estimate of drug-likeness (QED) is 0.761. The van der Waals surface area contributed by atoms with Crippen molar-refractivity contribution < 1.29 is 22.6 Å². The molecule has 1 fully saturated rings. The van der Waals surface area contributed by atoms with Gasteiger partial charge in [0.15, 0.2) is 11.7 Å². The van der Waals surface area contributed by atoms with Crippen LogP contribution in [0.5, 0.6) is 0 Å². The normalized spacial score (nSPS) is 22.9. The summed E-state index contributed by atoms with van der Waals surface area (Å²) in [5.41, 5.74) is 0.949. The Kier molecular flexibility index (Phi) is 5.25. The van der Waals surface area contributed by atoms with E-state index in [4.69, 9.17) is 0 Å². The van der Waals surface area contributed by atoms with E-state index in [2.05, 4.69) is 25.4 Å². The number of nitrogens with one attached hydrogen (secondary N) is 1. The van der Waals surface area contributed by atoms with Crippen LogP contribution < -0.4 is 5.32 Å². The standard InChI is InChI=1S/C20H27F3N6O2/c1-11-17(27-31-26-11)18(30)28-7-5-12(6-8-28)13-9-16-24-14(19(2,3)4)10-15(20(21,22)23)29(16)25-13/h9,12,14-15,24H,5-8,10H2,1-4H3/t14-,15+/m0/s1. The lowest BCUT2D eigenvalue weighted by atomic mass is 9.82. The van der Waals surface area contributed by atoms with Gasteiger partial charge in [0.25, 0.3) is 5.91 Å². The summed E-state index contributed by atoms with van der Waals surface area (Å²) in [7, 11) is 0. The monoisotopic (exact) mass is 440 g/mol. The summed E-state index contributed by atoms with van der Waals surface area (Å²) < 4.78 is 47.1. The summed E-state index contributed by atoms with van der Waals surface area (Å²) in [5.74, 6) is 0.155. The Labute approximate surface area is 178 Å². The van der Waals surface area contributed by atoms with Gasteiger partial charge in [-0.25, -0.2) is 9.31 Å². The molecular weight excluding hydrogens is 413 g/mol. The maximum atomic E-state index is 13.8. The largest absolute Gasteiger partial charge is 0.410 e. The zero-order chi connectivity index (χ0) is 22.6. The number of hydrogen-bond acceptors (Lipinski definition) is 6. The number of fused-ring (bicyclic) bond motifs is 1. The fourth-order valence-electron chi connectivity index (χ4n) is 4.31. The van der Waals surface area contributed by atoms with Crippen LogP contribution in [-0.4, -0.2) is 56.2 Å². The molecule has 1 N–H and O–H groups in total. The van der Waals surface area contributed by atoms with E-state index in [1.165, 1.54) is 0 Å². The predicted molar refractivity (Wildman–Crippen MR) is 106 cm³/mol. The minimum atomic E-state index is -4.37. The number of carbonyl (C=O) groups excluding carboxylic acids is 1. The third-order valence-corrected chi connectivity index (χ3v) is 6.31. The van der Waals surface area contributed by atoms with E-state index in [-0.39, 0.29) is 35.4 Å². The van der Waals surface area contributed by atoms with Crippen molar-refractivity contribution in [2.75, 3.05) is 18.4 Å². The molecule has 31 heavy (non-hydrogen) atoms. The number of hydrogen-bond donors (Lipinski definition) is 1. The lowest BCUT2D eigenvalue weighted by Gasteiger charge is -2.39. The molecule has 2 aromatic heterocycles. The smallest absolute Gasteiger partial charge is 0.367 e. The first kappa shape index (κ1) is 21.6. The third-order valence-electron chi connectivity index (χ3n) is 6.31. The van der Waals surface area contributed by atoms with Crippen LogP contribution in [0.2, 0.25) is 0 Å². The van der Waals surface area contributed by atoms with E-state index in [0.29, 0.717) is 43.1 Å². The number of anilines is 1. The van der Waals surface area contributed by atoms with E-state index in [0.717, 1.165) is 4.68 Å². The Hall–Kier alpha value is -2.59. The molecule has 4 heterocycles. The molecule has 2 atom stereocenters. The van der Waals surface area contributed by atoms with Crippen molar-refractivity contribution in [3.05, 3.63) is 23.1 Å². The van der Waals surface area contributed by atoms with Gasteiger partial charge < -0.3 is 10.2 Å². The number of halogens is 3. The van der Waals surface area contributed by atoms with Gasteiger partial charge in [-0.1, -0.05) is 25.9 Å². The molecule has 170 valence electrons. The highest BCUT2D eigenvalue weighted by molar-refractivity contribution is 5.93. The van der Waals surface area contributed by atoms with Gasteiger partial charge >= 0.3 is 6.18 Å².